The fourth-order valence-corrected chi connectivity index (χ4v) is 3.28. The van der Waals surface area contributed by atoms with Crippen molar-refractivity contribution in [1.29, 1.82) is 0 Å². The molecule has 3 aromatic rings. The highest BCUT2D eigenvalue weighted by molar-refractivity contribution is 6.37. The molecule has 0 saturated carbocycles. The van der Waals surface area contributed by atoms with Crippen LogP contribution in [0.15, 0.2) is 42.5 Å². The number of carbonyl (C=O) groups excluding carboxylic acids is 1. The van der Waals surface area contributed by atoms with E-state index in [-0.39, 0.29) is 5.91 Å². The summed E-state index contributed by atoms with van der Waals surface area (Å²) in [4.78, 5) is 19.0. The highest BCUT2D eigenvalue weighted by Gasteiger charge is 2.29. The summed E-state index contributed by atoms with van der Waals surface area (Å²) in [6.07, 6.45) is 0. The minimum absolute atomic E-state index is 0.157. The zero-order chi connectivity index (χ0) is 15.3. The molecule has 0 fully saturated rings. The molecule has 0 N–H and O–H groups in total. The zero-order valence-electron chi connectivity index (χ0n) is 11.5. The van der Waals surface area contributed by atoms with Gasteiger partial charge in [0.25, 0.3) is 5.91 Å². The van der Waals surface area contributed by atoms with E-state index in [2.05, 4.69) is 9.55 Å². The number of carbonyl (C=O) groups is 1. The molecule has 1 aliphatic heterocycles. The molecule has 0 spiro atoms. The molecule has 0 atom stereocenters. The van der Waals surface area contributed by atoms with E-state index >= 15 is 0 Å². The third-order valence-corrected chi connectivity index (χ3v) is 4.38. The number of fused-ring (bicyclic) bond motifs is 3. The lowest BCUT2D eigenvalue weighted by atomic mass is 10.2. The van der Waals surface area contributed by atoms with Gasteiger partial charge in [-0.3, -0.25) is 9.69 Å². The van der Waals surface area contributed by atoms with Gasteiger partial charge in [-0.2, -0.15) is 0 Å². The van der Waals surface area contributed by atoms with Gasteiger partial charge in [0.15, 0.2) is 0 Å². The molecule has 2 aromatic carbocycles. The first kappa shape index (κ1) is 13.6. The Morgan fingerprint density at radius 1 is 1.09 bits per heavy atom. The van der Waals surface area contributed by atoms with E-state index in [4.69, 9.17) is 23.2 Å². The van der Waals surface area contributed by atoms with E-state index in [1.165, 1.54) is 0 Å². The predicted molar refractivity (Wildman–Crippen MR) is 87.9 cm³/mol. The van der Waals surface area contributed by atoms with Gasteiger partial charge in [0.2, 0.25) is 5.95 Å². The van der Waals surface area contributed by atoms with E-state index in [9.17, 15) is 4.79 Å². The fourth-order valence-electron chi connectivity index (χ4n) is 2.79. The summed E-state index contributed by atoms with van der Waals surface area (Å²) in [5.74, 6) is 0.507. The Balaban J connectivity index is 1.78. The minimum atomic E-state index is -0.157. The first-order valence-corrected chi connectivity index (χ1v) is 7.63. The third-order valence-electron chi connectivity index (χ3n) is 3.83. The maximum Gasteiger partial charge on any atom is 0.262 e. The number of amides is 1. The van der Waals surface area contributed by atoms with Crippen LogP contribution < -0.4 is 4.90 Å². The Bertz CT molecular complexity index is 904. The molecule has 0 bridgehead atoms. The second-order valence-corrected chi connectivity index (χ2v) is 5.98. The quantitative estimate of drug-likeness (QED) is 0.675. The first-order valence-electron chi connectivity index (χ1n) is 6.87. The first-order chi connectivity index (χ1) is 10.6. The predicted octanol–water partition coefficient (Wildman–Crippen LogP) is 4.00. The maximum atomic E-state index is 12.8. The number of imidazole rings is 1. The Hall–Kier alpha value is -2.04. The van der Waals surface area contributed by atoms with Crippen molar-refractivity contribution in [3.63, 3.8) is 0 Å². The van der Waals surface area contributed by atoms with Crippen LogP contribution in [-0.4, -0.2) is 22.0 Å². The Labute approximate surface area is 136 Å². The summed E-state index contributed by atoms with van der Waals surface area (Å²) >= 11 is 12.0. The molecule has 4 rings (SSSR count). The van der Waals surface area contributed by atoms with Gasteiger partial charge in [0.05, 0.1) is 21.6 Å². The van der Waals surface area contributed by atoms with Crippen LogP contribution in [0.2, 0.25) is 10.0 Å². The topological polar surface area (TPSA) is 38.1 Å². The highest BCUT2D eigenvalue weighted by Crippen LogP contribution is 2.30. The molecular formula is C16H11Cl2N3O. The van der Waals surface area contributed by atoms with Gasteiger partial charge in [-0.25, -0.2) is 4.98 Å². The number of nitrogens with zero attached hydrogens (tertiary/aromatic N) is 3. The van der Waals surface area contributed by atoms with Crippen molar-refractivity contribution < 1.29 is 4.79 Å². The summed E-state index contributed by atoms with van der Waals surface area (Å²) in [6.45, 7) is 1.32. The van der Waals surface area contributed by atoms with Crippen LogP contribution in [0, 0.1) is 0 Å². The van der Waals surface area contributed by atoms with Crippen LogP contribution in [-0.2, 0) is 6.54 Å². The number of halogens is 2. The van der Waals surface area contributed by atoms with Crippen LogP contribution in [0.3, 0.4) is 0 Å². The number of hydrogen-bond acceptors (Lipinski definition) is 2. The van der Waals surface area contributed by atoms with Crippen LogP contribution in [0.1, 0.15) is 10.4 Å². The Kier molecular flexibility index (Phi) is 3.10. The number of rotatable bonds is 1. The van der Waals surface area contributed by atoms with E-state index in [0.717, 1.165) is 17.6 Å². The SMILES string of the molecule is O=C(c1ccc(Cl)cc1Cl)N1CCn2c1nc1ccccc12. The summed E-state index contributed by atoms with van der Waals surface area (Å²) < 4.78 is 2.05. The van der Waals surface area contributed by atoms with Crippen molar-refractivity contribution in [3.8, 4) is 0 Å². The van der Waals surface area contributed by atoms with E-state index in [1.54, 1.807) is 23.1 Å². The normalized spacial score (nSPS) is 13.6. The zero-order valence-corrected chi connectivity index (χ0v) is 13.0. The van der Waals surface area contributed by atoms with Gasteiger partial charge in [-0.05, 0) is 30.3 Å². The molecule has 6 heteroatoms. The van der Waals surface area contributed by atoms with Crippen molar-refractivity contribution >= 4 is 46.1 Å². The number of hydrogen-bond donors (Lipinski definition) is 0. The number of anilines is 1. The standard InChI is InChI=1S/C16H11Cl2N3O/c17-10-5-6-11(12(18)9-10)15(22)21-8-7-20-14-4-2-1-3-13(14)19-16(20)21/h1-6,9H,7-8H2. The van der Waals surface area contributed by atoms with Crippen molar-refractivity contribution in [2.45, 2.75) is 6.54 Å². The second kappa shape index (κ2) is 5.00. The van der Waals surface area contributed by atoms with E-state index in [1.807, 2.05) is 24.3 Å². The van der Waals surface area contributed by atoms with Crippen LogP contribution in [0.25, 0.3) is 11.0 Å². The molecule has 0 aliphatic carbocycles. The number of para-hydroxylation sites is 2. The average molecular weight is 332 g/mol. The Morgan fingerprint density at radius 3 is 2.73 bits per heavy atom. The smallest absolute Gasteiger partial charge is 0.262 e. The molecule has 1 aromatic heterocycles. The third kappa shape index (κ3) is 1.99. The minimum Gasteiger partial charge on any atom is -0.308 e. The molecule has 1 amide bonds. The van der Waals surface area contributed by atoms with Gasteiger partial charge in [-0.15, -0.1) is 0 Å². The lowest BCUT2D eigenvalue weighted by Gasteiger charge is -2.14. The molecule has 22 heavy (non-hydrogen) atoms. The molecule has 0 unspecified atom stereocenters. The van der Waals surface area contributed by atoms with Gasteiger partial charge in [-0.1, -0.05) is 35.3 Å². The molecular weight excluding hydrogens is 321 g/mol. The Morgan fingerprint density at radius 2 is 1.91 bits per heavy atom. The van der Waals surface area contributed by atoms with Gasteiger partial charge in [0, 0.05) is 18.1 Å². The molecule has 0 saturated heterocycles. The molecule has 0 radical (unpaired) electrons. The maximum absolute atomic E-state index is 12.8. The lowest BCUT2D eigenvalue weighted by molar-refractivity contribution is 0.0989. The summed E-state index contributed by atoms with van der Waals surface area (Å²) in [7, 11) is 0. The van der Waals surface area contributed by atoms with Gasteiger partial charge >= 0.3 is 0 Å². The summed E-state index contributed by atoms with van der Waals surface area (Å²) in [5, 5.41) is 0.863. The van der Waals surface area contributed by atoms with Gasteiger partial charge < -0.3 is 4.57 Å². The molecule has 2 heterocycles. The van der Waals surface area contributed by atoms with Gasteiger partial charge in [0.1, 0.15) is 0 Å². The highest BCUT2D eigenvalue weighted by atomic mass is 35.5. The summed E-state index contributed by atoms with van der Waals surface area (Å²) in [6, 6.07) is 12.8. The van der Waals surface area contributed by atoms with Crippen LogP contribution in [0.5, 0.6) is 0 Å². The average Bonchev–Trinajstić information content (AvgIpc) is 3.05. The monoisotopic (exact) mass is 331 g/mol. The van der Waals surface area contributed by atoms with E-state index < -0.39 is 0 Å². The molecule has 1 aliphatic rings. The molecule has 110 valence electrons. The fraction of sp³-hybridized carbons (Fsp3) is 0.125. The second-order valence-electron chi connectivity index (χ2n) is 5.13. The van der Waals surface area contributed by atoms with Crippen molar-refractivity contribution in [2.24, 2.45) is 0 Å². The van der Waals surface area contributed by atoms with Crippen molar-refractivity contribution in [3.05, 3.63) is 58.1 Å². The lowest BCUT2D eigenvalue weighted by Crippen LogP contribution is -2.29. The van der Waals surface area contributed by atoms with Crippen molar-refractivity contribution in [2.75, 3.05) is 11.4 Å². The van der Waals surface area contributed by atoms with Crippen LogP contribution >= 0.6 is 23.2 Å². The van der Waals surface area contributed by atoms with E-state index in [0.29, 0.717) is 28.1 Å². The largest absolute Gasteiger partial charge is 0.308 e. The molecule has 4 nitrogen and oxygen atoms in total. The van der Waals surface area contributed by atoms with Crippen molar-refractivity contribution in [1.82, 2.24) is 9.55 Å². The number of aromatic nitrogens is 2. The van der Waals surface area contributed by atoms with Crippen LogP contribution in [0.4, 0.5) is 5.95 Å². The summed E-state index contributed by atoms with van der Waals surface area (Å²) in [5.41, 5.74) is 2.36. The number of benzene rings is 2.